The maximum Gasteiger partial charge on any atom is 0.416 e. The van der Waals surface area contributed by atoms with Crippen molar-refractivity contribution in [3.05, 3.63) is 65.0 Å². The molecule has 1 atom stereocenters. The van der Waals surface area contributed by atoms with Crippen molar-refractivity contribution >= 4 is 21.8 Å². The van der Waals surface area contributed by atoms with E-state index in [0.29, 0.717) is 11.6 Å². The van der Waals surface area contributed by atoms with E-state index in [1.54, 1.807) is 6.07 Å². The molecule has 29 heavy (non-hydrogen) atoms. The van der Waals surface area contributed by atoms with E-state index in [4.69, 9.17) is 0 Å². The van der Waals surface area contributed by atoms with Gasteiger partial charge in [0.25, 0.3) is 10.0 Å². The van der Waals surface area contributed by atoms with Crippen LogP contribution in [0.15, 0.2) is 52.4 Å². The molecular weight excluding hydrogens is 414 g/mol. The van der Waals surface area contributed by atoms with E-state index < -0.39 is 46.1 Å². The van der Waals surface area contributed by atoms with Gasteiger partial charge in [-0.1, -0.05) is 18.2 Å². The van der Waals surface area contributed by atoms with Crippen LogP contribution in [0.2, 0.25) is 0 Å². The molecule has 1 amide bonds. The fourth-order valence-corrected chi connectivity index (χ4v) is 4.02. The van der Waals surface area contributed by atoms with Crippen molar-refractivity contribution in [2.45, 2.75) is 30.6 Å². The van der Waals surface area contributed by atoms with Crippen molar-refractivity contribution in [2.24, 2.45) is 4.99 Å². The Labute approximate surface area is 163 Å². The molecule has 3 rings (SSSR count). The summed E-state index contributed by atoms with van der Waals surface area (Å²) < 4.78 is 78.6. The summed E-state index contributed by atoms with van der Waals surface area (Å²) in [5, 5.41) is 2.30. The lowest BCUT2D eigenvalue weighted by Gasteiger charge is -2.15. The number of carbonyl (C=O) groups is 1. The largest absolute Gasteiger partial charge is 0.416 e. The molecular formula is C18H15F4N3O3S. The minimum atomic E-state index is -4.78. The van der Waals surface area contributed by atoms with Gasteiger partial charge in [-0.15, -0.1) is 0 Å². The lowest BCUT2D eigenvalue weighted by Crippen LogP contribution is -2.34. The number of benzene rings is 2. The molecule has 0 bridgehead atoms. The molecule has 2 aromatic rings. The Morgan fingerprint density at radius 3 is 2.59 bits per heavy atom. The highest BCUT2D eigenvalue weighted by atomic mass is 32.2. The predicted molar refractivity (Wildman–Crippen MR) is 96.0 cm³/mol. The summed E-state index contributed by atoms with van der Waals surface area (Å²) in [4.78, 5) is 16.3. The maximum atomic E-state index is 13.2. The molecule has 0 saturated carbocycles. The van der Waals surface area contributed by atoms with Gasteiger partial charge in [0, 0.05) is 12.1 Å². The minimum Gasteiger partial charge on any atom is -0.350 e. The maximum absolute atomic E-state index is 13.2. The summed E-state index contributed by atoms with van der Waals surface area (Å²) in [7, 11) is -3.78. The van der Waals surface area contributed by atoms with E-state index in [9.17, 15) is 30.8 Å². The quantitative estimate of drug-likeness (QED) is 0.733. The van der Waals surface area contributed by atoms with Crippen molar-refractivity contribution in [1.29, 1.82) is 0 Å². The molecule has 154 valence electrons. The molecule has 0 unspecified atom stereocenters. The number of halogens is 4. The van der Waals surface area contributed by atoms with Gasteiger partial charge in [0.15, 0.2) is 0 Å². The van der Waals surface area contributed by atoms with E-state index in [1.807, 2.05) is 0 Å². The number of aliphatic imine (C=N–C) groups is 1. The molecule has 0 fully saturated rings. The van der Waals surface area contributed by atoms with Gasteiger partial charge in [-0.25, -0.2) is 12.8 Å². The van der Waals surface area contributed by atoms with Crippen molar-refractivity contribution in [3.63, 3.8) is 0 Å². The Bertz CT molecular complexity index is 1100. The van der Waals surface area contributed by atoms with Crippen LogP contribution in [0.25, 0.3) is 0 Å². The molecule has 0 aliphatic carbocycles. The SMILES string of the molecule is C[C@H](N=C1NS(=O)(=O)c2ccccc21)C(=O)NCc1ccc(F)cc1C(F)(F)F. The van der Waals surface area contributed by atoms with Gasteiger partial charge in [0.05, 0.1) is 10.5 Å². The number of alkyl halides is 3. The fourth-order valence-electron chi connectivity index (χ4n) is 2.78. The number of carbonyl (C=O) groups excluding carboxylic acids is 1. The second-order valence-corrected chi connectivity index (χ2v) is 7.92. The molecule has 0 radical (unpaired) electrons. The number of fused-ring (bicyclic) bond motifs is 1. The van der Waals surface area contributed by atoms with Crippen molar-refractivity contribution in [2.75, 3.05) is 0 Å². The van der Waals surface area contributed by atoms with Crippen molar-refractivity contribution < 1.29 is 30.8 Å². The fraction of sp³-hybridized carbons (Fsp3) is 0.222. The number of hydrogen-bond acceptors (Lipinski definition) is 4. The monoisotopic (exact) mass is 429 g/mol. The molecule has 1 aliphatic heterocycles. The van der Waals surface area contributed by atoms with Gasteiger partial charge in [-0.2, -0.15) is 13.2 Å². The Hall–Kier alpha value is -2.95. The first-order valence-corrected chi connectivity index (χ1v) is 9.81. The van der Waals surface area contributed by atoms with Crippen LogP contribution in [0.3, 0.4) is 0 Å². The van der Waals surface area contributed by atoms with Gasteiger partial charge in [0.1, 0.15) is 17.7 Å². The van der Waals surface area contributed by atoms with E-state index in [2.05, 4.69) is 15.0 Å². The van der Waals surface area contributed by atoms with Crippen molar-refractivity contribution in [1.82, 2.24) is 10.0 Å². The minimum absolute atomic E-state index is 0.0208. The van der Waals surface area contributed by atoms with Crippen LogP contribution in [-0.2, 0) is 27.5 Å². The lowest BCUT2D eigenvalue weighted by molar-refractivity contribution is -0.138. The number of sulfonamides is 1. The first-order chi connectivity index (χ1) is 13.5. The zero-order valence-electron chi connectivity index (χ0n) is 14.9. The summed E-state index contributed by atoms with van der Waals surface area (Å²) in [6.45, 7) is 0.873. The van der Waals surface area contributed by atoms with Crippen LogP contribution < -0.4 is 10.0 Å². The third-order valence-corrected chi connectivity index (χ3v) is 5.59. The number of nitrogens with one attached hydrogen (secondary N) is 2. The van der Waals surface area contributed by atoms with E-state index >= 15 is 0 Å². The molecule has 1 aliphatic rings. The third kappa shape index (κ3) is 4.39. The molecule has 0 spiro atoms. The second kappa shape index (κ2) is 7.47. The summed E-state index contributed by atoms with van der Waals surface area (Å²) in [5.41, 5.74) is -1.20. The second-order valence-electron chi connectivity index (χ2n) is 6.27. The predicted octanol–water partition coefficient (Wildman–Crippen LogP) is 2.59. The molecule has 11 heteroatoms. The lowest BCUT2D eigenvalue weighted by atomic mass is 10.1. The topological polar surface area (TPSA) is 87.6 Å². The number of rotatable bonds is 4. The van der Waals surface area contributed by atoms with Crippen molar-refractivity contribution in [3.8, 4) is 0 Å². The third-order valence-electron chi connectivity index (χ3n) is 4.20. The Kier molecular flexibility index (Phi) is 5.35. The summed E-state index contributed by atoms with van der Waals surface area (Å²) in [5.74, 6) is -1.79. The highest BCUT2D eigenvalue weighted by Crippen LogP contribution is 2.32. The summed E-state index contributed by atoms with van der Waals surface area (Å²) in [6.07, 6.45) is -4.78. The van der Waals surface area contributed by atoms with Gasteiger partial charge in [-0.3, -0.25) is 14.5 Å². The highest BCUT2D eigenvalue weighted by Gasteiger charge is 2.34. The summed E-state index contributed by atoms with van der Waals surface area (Å²) >= 11 is 0. The standard InChI is InChI=1S/C18H15F4N3O3S/c1-10(24-16-13-4-2-3-5-15(13)29(27,28)25-16)17(26)23-9-11-6-7-12(19)8-14(11)18(20,21)22/h2-8,10H,9H2,1H3,(H,23,26)(H,24,25)/t10-/m0/s1. The number of nitrogens with zero attached hydrogens (tertiary/aromatic N) is 1. The first kappa shape index (κ1) is 20.8. The highest BCUT2D eigenvalue weighted by molar-refractivity contribution is 7.90. The Morgan fingerprint density at radius 1 is 1.21 bits per heavy atom. The molecule has 2 N–H and O–H groups in total. The van der Waals surface area contributed by atoms with Gasteiger partial charge < -0.3 is 5.32 Å². The Balaban J connectivity index is 1.76. The van der Waals surface area contributed by atoms with E-state index in [1.165, 1.54) is 25.1 Å². The molecule has 1 heterocycles. The Morgan fingerprint density at radius 2 is 1.90 bits per heavy atom. The van der Waals surface area contributed by atoms with Crippen LogP contribution in [0.1, 0.15) is 23.6 Å². The zero-order chi connectivity index (χ0) is 21.4. The zero-order valence-corrected chi connectivity index (χ0v) is 15.7. The number of amidine groups is 1. The number of hydrogen-bond donors (Lipinski definition) is 2. The van der Waals surface area contributed by atoms with Crippen LogP contribution in [0.5, 0.6) is 0 Å². The first-order valence-electron chi connectivity index (χ1n) is 8.32. The van der Waals surface area contributed by atoms with Gasteiger partial charge in [-0.05, 0) is 36.8 Å². The van der Waals surface area contributed by atoms with Gasteiger partial charge in [0.2, 0.25) is 5.91 Å². The summed E-state index contributed by atoms with van der Waals surface area (Å²) in [6, 6.07) is 7.12. The average molecular weight is 429 g/mol. The molecule has 0 aromatic heterocycles. The molecule has 0 saturated heterocycles. The van der Waals surface area contributed by atoms with E-state index in [-0.39, 0.29) is 16.3 Å². The molecule has 6 nitrogen and oxygen atoms in total. The van der Waals surface area contributed by atoms with Crippen LogP contribution >= 0.6 is 0 Å². The van der Waals surface area contributed by atoms with E-state index in [0.717, 1.165) is 12.1 Å². The normalized spacial score (nSPS) is 17.5. The average Bonchev–Trinajstić information content (AvgIpc) is 2.90. The van der Waals surface area contributed by atoms with Crippen LogP contribution in [-0.4, -0.2) is 26.2 Å². The smallest absolute Gasteiger partial charge is 0.350 e. The molecule has 2 aromatic carbocycles. The van der Waals surface area contributed by atoms with Gasteiger partial charge >= 0.3 is 6.18 Å². The van der Waals surface area contributed by atoms with Crippen LogP contribution in [0.4, 0.5) is 17.6 Å². The number of amides is 1. The van der Waals surface area contributed by atoms with Crippen LogP contribution in [0, 0.1) is 5.82 Å².